The van der Waals surface area contributed by atoms with Crippen molar-refractivity contribution in [1.29, 1.82) is 0 Å². The van der Waals surface area contributed by atoms with Crippen LogP contribution in [0.2, 0.25) is 0 Å². The fourth-order valence-electron chi connectivity index (χ4n) is 2.49. The number of hydrogen-bond acceptors (Lipinski definition) is 5. The van der Waals surface area contributed by atoms with E-state index < -0.39 is 0 Å². The van der Waals surface area contributed by atoms with Gasteiger partial charge < -0.3 is 15.5 Å². The predicted molar refractivity (Wildman–Crippen MR) is 86.5 cm³/mol. The van der Waals surface area contributed by atoms with Crippen LogP contribution in [0.15, 0.2) is 30.7 Å². The molecule has 3 N–H and O–H groups in total. The number of hydrogen-bond donors (Lipinski definition) is 2. The highest BCUT2D eigenvalue weighted by Gasteiger charge is 2.16. The molecule has 3 aromatic heterocycles. The van der Waals surface area contributed by atoms with Crippen LogP contribution in [0.5, 0.6) is 5.75 Å². The van der Waals surface area contributed by atoms with E-state index in [4.69, 9.17) is 10.5 Å². The van der Waals surface area contributed by atoms with Crippen molar-refractivity contribution >= 4 is 17.0 Å². The molecule has 3 aromatic rings. The molecule has 0 spiro atoms. The summed E-state index contributed by atoms with van der Waals surface area (Å²) in [5.41, 5.74) is 8.13. The van der Waals surface area contributed by atoms with E-state index in [2.05, 4.69) is 33.8 Å². The van der Waals surface area contributed by atoms with Gasteiger partial charge in [-0.1, -0.05) is 13.8 Å². The summed E-state index contributed by atoms with van der Waals surface area (Å²) >= 11 is 0. The van der Waals surface area contributed by atoms with E-state index in [0.717, 1.165) is 40.9 Å². The summed E-state index contributed by atoms with van der Waals surface area (Å²) in [6.45, 7) is 4.24. The Morgan fingerprint density at radius 2 is 1.95 bits per heavy atom. The van der Waals surface area contributed by atoms with E-state index in [0.29, 0.717) is 0 Å². The van der Waals surface area contributed by atoms with Crippen molar-refractivity contribution in [2.45, 2.75) is 32.8 Å². The van der Waals surface area contributed by atoms with E-state index in [1.54, 1.807) is 12.4 Å². The van der Waals surface area contributed by atoms with Gasteiger partial charge in [0.25, 0.3) is 0 Å². The molecule has 0 saturated heterocycles. The molecule has 114 valence electrons. The van der Waals surface area contributed by atoms with Crippen molar-refractivity contribution in [3.8, 4) is 17.0 Å². The number of anilines is 1. The second kappa shape index (κ2) is 6.01. The normalized spacial score (nSPS) is 11.2. The van der Waals surface area contributed by atoms with Crippen LogP contribution in [0.4, 0.5) is 5.95 Å². The van der Waals surface area contributed by atoms with Gasteiger partial charge in [0.1, 0.15) is 11.4 Å². The highest BCUT2D eigenvalue weighted by molar-refractivity contribution is 5.97. The first kappa shape index (κ1) is 14.3. The standard InChI is InChI=1S/C16H19N5O/c1-3-10(4-2)22-13-6-8-18-15-14(13)11(9-20-15)12-5-7-19-16(17)21-12/h5-10H,3-4H2,1-2H3,(H,18,20)(H2,17,19,21). The summed E-state index contributed by atoms with van der Waals surface area (Å²) in [6, 6.07) is 3.72. The molecule has 6 nitrogen and oxygen atoms in total. The first-order valence-electron chi connectivity index (χ1n) is 7.44. The summed E-state index contributed by atoms with van der Waals surface area (Å²) in [7, 11) is 0. The topological polar surface area (TPSA) is 89.7 Å². The maximum atomic E-state index is 6.14. The number of rotatable bonds is 5. The maximum Gasteiger partial charge on any atom is 0.220 e. The van der Waals surface area contributed by atoms with Gasteiger partial charge in [0.15, 0.2) is 0 Å². The fraction of sp³-hybridized carbons (Fsp3) is 0.312. The van der Waals surface area contributed by atoms with E-state index in [1.807, 2.05) is 18.3 Å². The molecule has 0 radical (unpaired) electrons. The number of ether oxygens (including phenoxy) is 1. The zero-order valence-corrected chi connectivity index (χ0v) is 12.7. The minimum Gasteiger partial charge on any atom is -0.490 e. The summed E-state index contributed by atoms with van der Waals surface area (Å²) < 4.78 is 6.14. The Kier molecular flexibility index (Phi) is 3.91. The SMILES string of the molecule is CCC(CC)Oc1ccnc2[nH]cc(-c3ccnc(N)n3)c12. The van der Waals surface area contributed by atoms with E-state index in [1.165, 1.54) is 0 Å². The van der Waals surface area contributed by atoms with Gasteiger partial charge in [-0.2, -0.15) is 0 Å². The van der Waals surface area contributed by atoms with Crippen LogP contribution in [-0.4, -0.2) is 26.0 Å². The van der Waals surface area contributed by atoms with Gasteiger partial charge in [0.2, 0.25) is 5.95 Å². The highest BCUT2D eigenvalue weighted by atomic mass is 16.5. The third-order valence-electron chi connectivity index (χ3n) is 3.69. The zero-order valence-electron chi connectivity index (χ0n) is 12.7. The fourth-order valence-corrected chi connectivity index (χ4v) is 2.49. The third kappa shape index (κ3) is 2.59. The number of pyridine rings is 1. The third-order valence-corrected chi connectivity index (χ3v) is 3.69. The lowest BCUT2D eigenvalue weighted by Crippen LogP contribution is -2.13. The number of fused-ring (bicyclic) bond motifs is 1. The van der Waals surface area contributed by atoms with Gasteiger partial charge in [-0.05, 0) is 25.0 Å². The van der Waals surface area contributed by atoms with E-state index in [9.17, 15) is 0 Å². The number of aromatic amines is 1. The summed E-state index contributed by atoms with van der Waals surface area (Å²) in [5.74, 6) is 1.06. The van der Waals surface area contributed by atoms with Gasteiger partial charge >= 0.3 is 0 Å². The first-order chi connectivity index (χ1) is 10.7. The minimum atomic E-state index is 0.184. The molecule has 0 aromatic carbocycles. The molecule has 3 rings (SSSR count). The molecule has 0 aliphatic carbocycles. The molecule has 0 atom stereocenters. The second-order valence-corrected chi connectivity index (χ2v) is 5.09. The summed E-state index contributed by atoms with van der Waals surface area (Å²) in [6.07, 6.45) is 7.37. The molecule has 0 amide bonds. The number of nitrogens with zero attached hydrogens (tertiary/aromatic N) is 3. The molecular formula is C16H19N5O. The smallest absolute Gasteiger partial charge is 0.220 e. The Morgan fingerprint density at radius 3 is 2.68 bits per heavy atom. The van der Waals surface area contributed by atoms with Crippen molar-refractivity contribution in [2.75, 3.05) is 5.73 Å². The molecule has 22 heavy (non-hydrogen) atoms. The van der Waals surface area contributed by atoms with Crippen molar-refractivity contribution in [3.05, 3.63) is 30.7 Å². The Balaban J connectivity index is 2.12. The van der Waals surface area contributed by atoms with Gasteiger partial charge in [-0.25, -0.2) is 15.0 Å². The molecular weight excluding hydrogens is 278 g/mol. The molecule has 6 heteroatoms. The average molecular weight is 297 g/mol. The van der Waals surface area contributed by atoms with Gasteiger partial charge in [0, 0.05) is 24.2 Å². The number of nitrogen functional groups attached to an aromatic ring is 1. The lowest BCUT2D eigenvalue weighted by Gasteiger charge is -2.16. The zero-order chi connectivity index (χ0) is 15.5. The van der Waals surface area contributed by atoms with Crippen LogP contribution in [0.1, 0.15) is 26.7 Å². The molecule has 0 fully saturated rings. The number of nitrogens with two attached hydrogens (primary N) is 1. The quantitative estimate of drug-likeness (QED) is 0.755. The number of nitrogens with one attached hydrogen (secondary N) is 1. The molecule has 0 unspecified atom stereocenters. The molecule has 0 bridgehead atoms. The van der Waals surface area contributed by atoms with Crippen LogP contribution < -0.4 is 10.5 Å². The second-order valence-electron chi connectivity index (χ2n) is 5.09. The first-order valence-corrected chi connectivity index (χ1v) is 7.44. The van der Waals surface area contributed by atoms with E-state index >= 15 is 0 Å². The largest absolute Gasteiger partial charge is 0.490 e. The Labute approximate surface area is 128 Å². The van der Waals surface area contributed by atoms with Crippen LogP contribution in [0, 0.1) is 0 Å². The Morgan fingerprint density at radius 1 is 1.18 bits per heavy atom. The molecule has 0 saturated carbocycles. The van der Waals surface area contributed by atoms with E-state index in [-0.39, 0.29) is 12.1 Å². The summed E-state index contributed by atoms with van der Waals surface area (Å²) in [4.78, 5) is 15.7. The van der Waals surface area contributed by atoms with Crippen LogP contribution >= 0.6 is 0 Å². The lowest BCUT2D eigenvalue weighted by molar-refractivity contribution is 0.195. The molecule has 3 heterocycles. The van der Waals surface area contributed by atoms with Gasteiger partial charge in [-0.15, -0.1) is 0 Å². The van der Waals surface area contributed by atoms with Crippen LogP contribution in [0.3, 0.4) is 0 Å². The van der Waals surface area contributed by atoms with Crippen LogP contribution in [0.25, 0.3) is 22.3 Å². The lowest BCUT2D eigenvalue weighted by atomic mass is 10.1. The highest BCUT2D eigenvalue weighted by Crippen LogP contribution is 2.34. The molecule has 0 aliphatic heterocycles. The van der Waals surface area contributed by atoms with Crippen molar-refractivity contribution in [2.24, 2.45) is 0 Å². The Bertz CT molecular complexity index is 779. The van der Waals surface area contributed by atoms with Crippen molar-refractivity contribution in [1.82, 2.24) is 19.9 Å². The monoisotopic (exact) mass is 297 g/mol. The minimum absolute atomic E-state index is 0.184. The average Bonchev–Trinajstić information content (AvgIpc) is 2.97. The van der Waals surface area contributed by atoms with Gasteiger partial charge in [-0.3, -0.25) is 0 Å². The number of H-pyrrole nitrogens is 1. The summed E-state index contributed by atoms with van der Waals surface area (Å²) in [5, 5.41) is 0.924. The Hall–Kier alpha value is -2.63. The van der Waals surface area contributed by atoms with Crippen molar-refractivity contribution < 1.29 is 4.74 Å². The van der Waals surface area contributed by atoms with Crippen LogP contribution in [-0.2, 0) is 0 Å². The number of aromatic nitrogens is 4. The maximum absolute atomic E-state index is 6.14. The predicted octanol–water partition coefficient (Wildman–Crippen LogP) is 3.17. The van der Waals surface area contributed by atoms with Crippen molar-refractivity contribution in [3.63, 3.8) is 0 Å². The van der Waals surface area contributed by atoms with Gasteiger partial charge in [0.05, 0.1) is 17.2 Å². The molecule has 0 aliphatic rings.